The number of fused-ring (bicyclic) bond motifs is 1. The molecule has 2 N–H and O–H groups in total. The van der Waals surface area contributed by atoms with Gasteiger partial charge in [-0.3, -0.25) is 4.79 Å². The van der Waals surface area contributed by atoms with Crippen LogP contribution >= 0.6 is 0 Å². The van der Waals surface area contributed by atoms with E-state index in [9.17, 15) is 26.6 Å². The predicted octanol–water partition coefficient (Wildman–Crippen LogP) is 3.38. The van der Waals surface area contributed by atoms with Crippen LogP contribution in [0, 0.1) is 5.82 Å². The van der Waals surface area contributed by atoms with Gasteiger partial charge in [-0.25, -0.2) is 13.3 Å². The number of hydrogen-bond acceptors (Lipinski definition) is 3. The number of aromatic nitrogens is 1. The number of carbonyl (C=O) groups is 1. The van der Waals surface area contributed by atoms with Crippen LogP contribution in [0.25, 0.3) is 0 Å². The summed E-state index contributed by atoms with van der Waals surface area (Å²) >= 11 is 0. The summed E-state index contributed by atoms with van der Waals surface area (Å²) in [5, 5.41) is 2.30. The second kappa shape index (κ2) is 7.30. The molecular weight excluding hydrogens is 414 g/mol. The van der Waals surface area contributed by atoms with Gasteiger partial charge in [-0.2, -0.15) is 13.2 Å². The van der Waals surface area contributed by atoms with Crippen LogP contribution in [0.4, 0.5) is 23.2 Å². The molecule has 6 nitrogen and oxygen atoms in total. The van der Waals surface area contributed by atoms with Crippen LogP contribution in [0.3, 0.4) is 0 Å². The molecule has 2 aromatic rings. The zero-order chi connectivity index (χ0) is 21.6. The molecular formula is C18H17F4N3O3S. The molecule has 1 aliphatic rings. The number of amides is 1. The molecule has 2 heterocycles. The number of nitrogens with one attached hydrogen (secondary N) is 2. The summed E-state index contributed by atoms with van der Waals surface area (Å²) < 4.78 is 74.6. The highest BCUT2D eigenvalue weighted by Gasteiger charge is 2.36. The van der Waals surface area contributed by atoms with E-state index in [1.165, 1.54) is 23.9 Å². The molecule has 3 rings (SSSR count). The highest BCUT2D eigenvalue weighted by atomic mass is 32.2. The fourth-order valence-electron chi connectivity index (χ4n) is 2.74. The first-order valence-electron chi connectivity index (χ1n) is 8.28. The standard InChI is InChI=1S/C18H17F4N3O3S/c1-4-17(2)9-28-15-13(29(27)24-17)8-25(3)14(15)16(26)23-10-5-6-12(19)11(7-10)18(20,21)22/h4-8,24H,1,9H2,2-3H3,(H,23,26). The molecule has 1 aromatic carbocycles. The van der Waals surface area contributed by atoms with Crippen LogP contribution in [-0.4, -0.2) is 26.8 Å². The minimum Gasteiger partial charge on any atom is -0.487 e. The summed E-state index contributed by atoms with van der Waals surface area (Å²) in [7, 11) is -0.216. The van der Waals surface area contributed by atoms with E-state index in [1.54, 1.807) is 6.92 Å². The topological polar surface area (TPSA) is 72.4 Å². The Balaban J connectivity index is 1.95. The van der Waals surface area contributed by atoms with Gasteiger partial charge in [0.2, 0.25) is 0 Å². The molecule has 11 heteroatoms. The Morgan fingerprint density at radius 2 is 2.14 bits per heavy atom. The van der Waals surface area contributed by atoms with Crippen LogP contribution in [0.15, 0.2) is 41.9 Å². The van der Waals surface area contributed by atoms with E-state index in [0.717, 1.165) is 6.07 Å². The number of benzene rings is 1. The van der Waals surface area contributed by atoms with Gasteiger partial charge in [-0.15, -0.1) is 6.58 Å². The van der Waals surface area contributed by atoms with Crippen LogP contribution in [0.5, 0.6) is 5.75 Å². The number of ether oxygens (including phenoxy) is 1. The Labute approximate surface area is 166 Å². The van der Waals surface area contributed by atoms with E-state index >= 15 is 0 Å². The van der Waals surface area contributed by atoms with Crippen LogP contribution in [0.1, 0.15) is 23.0 Å². The van der Waals surface area contributed by atoms with Gasteiger partial charge in [-0.1, -0.05) is 6.08 Å². The van der Waals surface area contributed by atoms with Gasteiger partial charge in [-0.05, 0) is 25.1 Å². The number of nitrogens with zero attached hydrogens (tertiary/aromatic N) is 1. The Hall–Kier alpha value is -2.66. The molecule has 1 aliphatic heterocycles. The fourth-order valence-corrected chi connectivity index (χ4v) is 3.99. The molecule has 156 valence electrons. The molecule has 0 fully saturated rings. The predicted molar refractivity (Wildman–Crippen MR) is 98.4 cm³/mol. The van der Waals surface area contributed by atoms with Gasteiger partial charge in [0.05, 0.1) is 11.1 Å². The average Bonchev–Trinajstić information content (AvgIpc) is 2.91. The van der Waals surface area contributed by atoms with Gasteiger partial charge < -0.3 is 14.6 Å². The van der Waals surface area contributed by atoms with Crippen molar-refractivity contribution in [2.75, 3.05) is 11.9 Å². The van der Waals surface area contributed by atoms with Gasteiger partial charge in [0.15, 0.2) is 11.4 Å². The summed E-state index contributed by atoms with van der Waals surface area (Å²) in [5.41, 5.74) is -2.60. The second-order valence-corrected chi connectivity index (χ2v) is 7.89. The average molecular weight is 431 g/mol. The molecule has 1 amide bonds. The van der Waals surface area contributed by atoms with Crippen molar-refractivity contribution >= 4 is 22.6 Å². The molecule has 0 saturated heterocycles. The van der Waals surface area contributed by atoms with Crippen molar-refractivity contribution in [3.63, 3.8) is 0 Å². The summed E-state index contributed by atoms with van der Waals surface area (Å²) in [5.74, 6) is -2.20. The van der Waals surface area contributed by atoms with Gasteiger partial charge in [0.25, 0.3) is 5.91 Å². The maximum atomic E-state index is 13.5. The van der Waals surface area contributed by atoms with E-state index < -0.39 is 40.0 Å². The van der Waals surface area contributed by atoms with E-state index in [2.05, 4.69) is 16.6 Å². The molecule has 2 atom stereocenters. The van der Waals surface area contributed by atoms with Crippen molar-refractivity contribution in [2.24, 2.45) is 7.05 Å². The van der Waals surface area contributed by atoms with Crippen molar-refractivity contribution < 1.29 is 31.3 Å². The van der Waals surface area contributed by atoms with E-state index in [0.29, 0.717) is 12.1 Å². The third-order valence-electron chi connectivity index (χ3n) is 4.34. The number of anilines is 1. The highest BCUT2D eigenvalue weighted by molar-refractivity contribution is 7.83. The number of aryl methyl sites for hydroxylation is 1. The fraction of sp³-hybridized carbons (Fsp3) is 0.278. The summed E-state index contributed by atoms with van der Waals surface area (Å²) in [6.45, 7) is 5.39. The maximum absolute atomic E-state index is 13.5. The van der Waals surface area contributed by atoms with Crippen molar-refractivity contribution in [1.29, 1.82) is 0 Å². The summed E-state index contributed by atoms with van der Waals surface area (Å²) in [6.07, 6.45) is -1.96. The minimum atomic E-state index is -4.91. The van der Waals surface area contributed by atoms with E-state index in [-0.39, 0.29) is 28.6 Å². The lowest BCUT2D eigenvalue weighted by Gasteiger charge is -2.23. The van der Waals surface area contributed by atoms with Gasteiger partial charge >= 0.3 is 6.18 Å². The Bertz CT molecular complexity index is 1020. The Kier molecular flexibility index (Phi) is 5.30. The van der Waals surface area contributed by atoms with Gasteiger partial charge in [0, 0.05) is 18.9 Å². The van der Waals surface area contributed by atoms with Crippen molar-refractivity contribution in [3.8, 4) is 5.75 Å². The quantitative estimate of drug-likeness (QED) is 0.578. The lowest BCUT2D eigenvalue weighted by Crippen LogP contribution is -2.44. The van der Waals surface area contributed by atoms with Crippen LogP contribution < -0.4 is 14.8 Å². The molecule has 0 saturated carbocycles. The Morgan fingerprint density at radius 1 is 1.45 bits per heavy atom. The molecule has 2 unspecified atom stereocenters. The smallest absolute Gasteiger partial charge is 0.419 e. The number of halogens is 4. The van der Waals surface area contributed by atoms with Crippen LogP contribution in [0.2, 0.25) is 0 Å². The summed E-state index contributed by atoms with van der Waals surface area (Å²) in [4.78, 5) is 12.9. The largest absolute Gasteiger partial charge is 0.487 e. The SMILES string of the molecule is C=CC1(C)COc2c(cn(C)c2C(=O)Nc2ccc(F)c(C(F)(F)F)c2)S(=O)N1. The lowest BCUT2D eigenvalue weighted by molar-refractivity contribution is -0.139. The van der Waals surface area contributed by atoms with Crippen molar-refractivity contribution in [3.05, 3.63) is 54.1 Å². The Morgan fingerprint density at radius 3 is 2.76 bits per heavy atom. The third kappa shape index (κ3) is 4.06. The molecule has 0 aliphatic carbocycles. The number of rotatable bonds is 3. The molecule has 29 heavy (non-hydrogen) atoms. The molecule has 1 aromatic heterocycles. The third-order valence-corrected chi connectivity index (χ3v) is 5.68. The molecule has 0 radical (unpaired) electrons. The first-order chi connectivity index (χ1) is 13.4. The van der Waals surface area contributed by atoms with E-state index in [1.807, 2.05) is 0 Å². The lowest BCUT2D eigenvalue weighted by atomic mass is 10.1. The number of alkyl halides is 3. The first-order valence-corrected chi connectivity index (χ1v) is 9.43. The summed E-state index contributed by atoms with van der Waals surface area (Å²) in [6, 6.07) is 2.14. The van der Waals surface area contributed by atoms with E-state index in [4.69, 9.17) is 4.74 Å². The monoisotopic (exact) mass is 431 g/mol. The molecule has 0 spiro atoms. The molecule has 0 bridgehead atoms. The van der Waals surface area contributed by atoms with Crippen LogP contribution in [-0.2, 0) is 24.2 Å². The van der Waals surface area contributed by atoms with Gasteiger partial charge in [0.1, 0.15) is 28.3 Å². The highest BCUT2D eigenvalue weighted by Crippen LogP contribution is 2.35. The second-order valence-electron chi connectivity index (χ2n) is 6.71. The zero-order valence-electron chi connectivity index (χ0n) is 15.4. The zero-order valence-corrected chi connectivity index (χ0v) is 16.2. The number of hydrogen-bond donors (Lipinski definition) is 2. The van der Waals surface area contributed by atoms with Crippen molar-refractivity contribution in [1.82, 2.24) is 9.29 Å². The normalized spacial score (nSPS) is 21.7. The van der Waals surface area contributed by atoms with Crippen molar-refractivity contribution in [2.45, 2.75) is 23.5 Å². The maximum Gasteiger partial charge on any atom is 0.419 e. The minimum absolute atomic E-state index is 0.0221. The number of carbonyl (C=O) groups excluding carboxylic acids is 1. The first kappa shape index (κ1) is 21.1.